The number of benzene rings is 1. The minimum atomic E-state index is -1.49. The number of halogens is 1. The van der Waals surface area contributed by atoms with Gasteiger partial charge in [-0.1, -0.05) is 23.6 Å². The summed E-state index contributed by atoms with van der Waals surface area (Å²) in [5, 5.41) is 0.235. The third-order valence-corrected chi connectivity index (χ3v) is 3.68. The lowest BCUT2D eigenvalue weighted by atomic mass is 9.96. The van der Waals surface area contributed by atoms with Gasteiger partial charge in [0.15, 0.2) is 29.0 Å². The van der Waals surface area contributed by atoms with E-state index in [1.807, 2.05) is 0 Å². The van der Waals surface area contributed by atoms with Crippen LogP contribution in [0.1, 0.15) is 12.5 Å². The molecule has 1 aromatic carbocycles. The molecule has 0 radical (unpaired) electrons. The molecule has 1 unspecified atom stereocenters. The summed E-state index contributed by atoms with van der Waals surface area (Å²) in [6.45, 7) is 1.48. The van der Waals surface area contributed by atoms with Gasteiger partial charge in [-0.3, -0.25) is 14.4 Å². The summed E-state index contributed by atoms with van der Waals surface area (Å²) < 4.78 is 15.3. The molecule has 0 fully saturated rings. The molecule has 2 rings (SSSR count). The quantitative estimate of drug-likeness (QED) is 0.329. The molecule has 0 spiro atoms. The van der Waals surface area contributed by atoms with Gasteiger partial charge < -0.3 is 14.2 Å². The summed E-state index contributed by atoms with van der Waals surface area (Å²) in [5.41, 5.74) is 0.511. The van der Waals surface area contributed by atoms with Gasteiger partial charge in [0.25, 0.3) is 0 Å². The number of allylic oxidation sites excluding steroid dienone is 3. The van der Waals surface area contributed by atoms with Crippen molar-refractivity contribution in [2.45, 2.75) is 6.92 Å². The Labute approximate surface area is 155 Å². The fraction of sp³-hybridized carbons (Fsp3) is 0.211. The number of carbonyl (C=O) groups excluding carboxylic acids is 3. The fourth-order valence-corrected chi connectivity index (χ4v) is 2.54. The Morgan fingerprint density at radius 2 is 2.15 bits per heavy atom. The van der Waals surface area contributed by atoms with Gasteiger partial charge in [0.2, 0.25) is 0 Å². The van der Waals surface area contributed by atoms with Crippen LogP contribution in [0, 0.1) is 18.3 Å². The number of methoxy groups -OCH3 is 1. The summed E-state index contributed by atoms with van der Waals surface area (Å²) in [5.74, 6) is -0.597. The fourth-order valence-electron chi connectivity index (χ4n) is 2.27. The molecule has 0 aliphatic carbocycles. The van der Waals surface area contributed by atoms with Crippen LogP contribution in [0.5, 0.6) is 11.5 Å². The van der Waals surface area contributed by atoms with Crippen LogP contribution in [-0.4, -0.2) is 31.3 Å². The second-order valence-electron chi connectivity index (χ2n) is 5.27. The molecule has 0 N–H and O–H groups in total. The van der Waals surface area contributed by atoms with E-state index in [1.54, 1.807) is 6.07 Å². The standard InChI is InChI=1S/C19H15ClO6/c1-4-7-25-18-13(20)9-12(10-16(18)24-3)5-6-14(21)17-15(22)8-11(2)26-19(17)23/h1,5-6,8-10,17H,7H2,2-3H3/b6-5+. The summed E-state index contributed by atoms with van der Waals surface area (Å²) >= 11 is 6.15. The van der Waals surface area contributed by atoms with E-state index in [2.05, 4.69) is 5.92 Å². The van der Waals surface area contributed by atoms with Gasteiger partial charge in [0.1, 0.15) is 12.4 Å². The highest BCUT2D eigenvalue weighted by Crippen LogP contribution is 2.36. The second-order valence-corrected chi connectivity index (χ2v) is 5.68. The van der Waals surface area contributed by atoms with Crippen LogP contribution < -0.4 is 9.47 Å². The number of ketones is 2. The Balaban J connectivity index is 2.24. The van der Waals surface area contributed by atoms with Crippen LogP contribution >= 0.6 is 11.6 Å². The van der Waals surface area contributed by atoms with Gasteiger partial charge in [0, 0.05) is 6.08 Å². The van der Waals surface area contributed by atoms with Crippen LogP contribution in [-0.2, 0) is 19.1 Å². The van der Waals surface area contributed by atoms with Crippen molar-refractivity contribution >= 4 is 35.2 Å². The normalized spacial score (nSPS) is 16.7. The number of cyclic esters (lactones) is 1. The summed E-state index contributed by atoms with van der Waals surface area (Å²) in [6.07, 6.45) is 8.80. The van der Waals surface area contributed by atoms with E-state index in [4.69, 9.17) is 32.2 Å². The molecule has 1 heterocycles. The number of carbonyl (C=O) groups is 3. The molecule has 0 amide bonds. The third-order valence-electron chi connectivity index (χ3n) is 3.40. The van der Waals surface area contributed by atoms with Crippen molar-refractivity contribution < 1.29 is 28.6 Å². The van der Waals surface area contributed by atoms with E-state index in [0.717, 1.165) is 12.2 Å². The molecule has 7 heteroatoms. The van der Waals surface area contributed by atoms with Crippen molar-refractivity contribution in [3.8, 4) is 23.8 Å². The van der Waals surface area contributed by atoms with E-state index in [9.17, 15) is 14.4 Å². The van der Waals surface area contributed by atoms with E-state index in [0.29, 0.717) is 11.3 Å². The van der Waals surface area contributed by atoms with Gasteiger partial charge in [-0.25, -0.2) is 0 Å². The van der Waals surface area contributed by atoms with Gasteiger partial charge in [-0.2, -0.15) is 0 Å². The van der Waals surface area contributed by atoms with Crippen LogP contribution in [0.4, 0.5) is 0 Å². The van der Waals surface area contributed by atoms with Gasteiger partial charge in [-0.15, -0.1) is 6.42 Å². The van der Waals surface area contributed by atoms with Crippen molar-refractivity contribution in [3.05, 3.63) is 40.6 Å². The van der Waals surface area contributed by atoms with Crippen molar-refractivity contribution in [2.75, 3.05) is 13.7 Å². The van der Waals surface area contributed by atoms with E-state index in [-0.39, 0.29) is 23.1 Å². The zero-order valence-electron chi connectivity index (χ0n) is 14.1. The average Bonchev–Trinajstić information content (AvgIpc) is 2.57. The van der Waals surface area contributed by atoms with Crippen LogP contribution in [0.15, 0.2) is 30.0 Å². The van der Waals surface area contributed by atoms with Crippen molar-refractivity contribution in [2.24, 2.45) is 5.92 Å². The van der Waals surface area contributed by atoms with E-state index >= 15 is 0 Å². The molecule has 134 valence electrons. The van der Waals surface area contributed by atoms with Crippen molar-refractivity contribution in [1.82, 2.24) is 0 Å². The van der Waals surface area contributed by atoms with E-state index in [1.165, 1.54) is 26.2 Å². The highest BCUT2D eigenvalue weighted by Gasteiger charge is 2.36. The largest absolute Gasteiger partial charge is 0.493 e. The molecule has 0 bridgehead atoms. The van der Waals surface area contributed by atoms with Crippen LogP contribution in [0.3, 0.4) is 0 Å². The topological polar surface area (TPSA) is 78.9 Å². The van der Waals surface area contributed by atoms with Crippen LogP contribution in [0.2, 0.25) is 5.02 Å². The second kappa shape index (κ2) is 8.37. The lowest BCUT2D eigenvalue weighted by Gasteiger charge is -2.15. The molecule has 0 aromatic heterocycles. The Morgan fingerprint density at radius 3 is 2.77 bits per heavy atom. The number of rotatable bonds is 6. The lowest BCUT2D eigenvalue weighted by Crippen LogP contribution is -2.34. The first-order valence-corrected chi connectivity index (χ1v) is 7.84. The molecule has 0 saturated heterocycles. The van der Waals surface area contributed by atoms with Gasteiger partial charge in [0.05, 0.1) is 12.1 Å². The number of terminal acetylenes is 1. The van der Waals surface area contributed by atoms with Crippen molar-refractivity contribution in [3.63, 3.8) is 0 Å². The Bertz CT molecular complexity index is 860. The number of esters is 1. The molecule has 6 nitrogen and oxygen atoms in total. The monoisotopic (exact) mass is 374 g/mol. The average molecular weight is 375 g/mol. The predicted molar refractivity (Wildman–Crippen MR) is 94.7 cm³/mol. The molecular formula is C19H15ClO6. The highest BCUT2D eigenvalue weighted by atomic mass is 35.5. The SMILES string of the molecule is C#CCOc1c(Cl)cc(/C=C/C(=O)C2C(=O)C=C(C)OC2=O)cc1OC. The molecule has 1 aliphatic heterocycles. The maximum absolute atomic E-state index is 12.2. The number of hydrogen-bond acceptors (Lipinski definition) is 6. The Kier molecular flexibility index (Phi) is 6.21. The zero-order chi connectivity index (χ0) is 19.3. The maximum atomic E-state index is 12.2. The third kappa shape index (κ3) is 4.32. The molecule has 1 aromatic rings. The zero-order valence-corrected chi connectivity index (χ0v) is 14.8. The molecule has 1 atom stereocenters. The maximum Gasteiger partial charge on any atom is 0.329 e. The summed E-state index contributed by atoms with van der Waals surface area (Å²) in [4.78, 5) is 35.8. The first kappa shape index (κ1) is 19.3. The van der Waals surface area contributed by atoms with Gasteiger partial charge in [-0.05, 0) is 30.7 Å². The highest BCUT2D eigenvalue weighted by molar-refractivity contribution is 6.32. The lowest BCUT2D eigenvalue weighted by molar-refractivity contribution is -0.151. The van der Waals surface area contributed by atoms with Gasteiger partial charge >= 0.3 is 5.97 Å². The van der Waals surface area contributed by atoms with Crippen molar-refractivity contribution in [1.29, 1.82) is 0 Å². The molecule has 1 aliphatic rings. The molecular weight excluding hydrogens is 360 g/mol. The number of ether oxygens (including phenoxy) is 3. The smallest absolute Gasteiger partial charge is 0.329 e. The van der Waals surface area contributed by atoms with Crippen LogP contribution in [0.25, 0.3) is 6.08 Å². The Hall–Kier alpha value is -3.04. The molecule has 26 heavy (non-hydrogen) atoms. The predicted octanol–water partition coefficient (Wildman–Crippen LogP) is 2.59. The first-order chi connectivity index (χ1) is 12.4. The minimum absolute atomic E-state index is 0.0165. The first-order valence-electron chi connectivity index (χ1n) is 7.47. The summed E-state index contributed by atoms with van der Waals surface area (Å²) in [6, 6.07) is 3.11. The number of hydrogen-bond donors (Lipinski definition) is 0. The van der Waals surface area contributed by atoms with E-state index < -0.39 is 23.5 Å². The molecule has 0 saturated carbocycles. The minimum Gasteiger partial charge on any atom is -0.493 e. The summed E-state index contributed by atoms with van der Waals surface area (Å²) in [7, 11) is 1.43. The Morgan fingerprint density at radius 1 is 1.42 bits per heavy atom.